The van der Waals surface area contributed by atoms with Gasteiger partial charge in [-0.05, 0) is 24.6 Å². The molecule has 1 aromatic carbocycles. The van der Waals surface area contributed by atoms with E-state index in [9.17, 15) is 9.59 Å². The molecule has 7 heteroatoms. The van der Waals surface area contributed by atoms with Crippen molar-refractivity contribution >= 4 is 11.9 Å². The molecular formula is C19H29N2O5+. The SMILES string of the molecule is CCOC(=O)C1CC[NH+](CC(=O)NCc2ccc(OC)c(OC)c2)CC1. The van der Waals surface area contributed by atoms with Crippen LogP contribution >= 0.6 is 0 Å². The van der Waals surface area contributed by atoms with Gasteiger partial charge in [0.25, 0.3) is 5.91 Å². The largest absolute Gasteiger partial charge is 0.493 e. The molecule has 2 N–H and O–H groups in total. The van der Waals surface area contributed by atoms with Crippen LogP contribution in [0.1, 0.15) is 25.3 Å². The summed E-state index contributed by atoms with van der Waals surface area (Å²) in [5.74, 6) is 1.18. The van der Waals surface area contributed by atoms with Gasteiger partial charge in [0, 0.05) is 19.4 Å². The molecular weight excluding hydrogens is 336 g/mol. The molecule has 1 saturated heterocycles. The van der Waals surface area contributed by atoms with Crippen molar-refractivity contribution in [2.45, 2.75) is 26.3 Å². The smallest absolute Gasteiger partial charge is 0.309 e. The summed E-state index contributed by atoms with van der Waals surface area (Å²) >= 11 is 0. The summed E-state index contributed by atoms with van der Waals surface area (Å²) in [6.45, 7) is 4.73. The summed E-state index contributed by atoms with van der Waals surface area (Å²) in [7, 11) is 3.18. The van der Waals surface area contributed by atoms with Gasteiger partial charge in [-0.2, -0.15) is 0 Å². The number of ether oxygens (including phenoxy) is 3. The van der Waals surface area contributed by atoms with Crippen molar-refractivity contribution in [3.05, 3.63) is 23.8 Å². The van der Waals surface area contributed by atoms with Crippen LogP contribution in [0.5, 0.6) is 11.5 Å². The number of methoxy groups -OCH3 is 2. The lowest BCUT2D eigenvalue weighted by molar-refractivity contribution is -0.897. The van der Waals surface area contributed by atoms with Gasteiger partial charge in [-0.25, -0.2) is 0 Å². The molecule has 0 spiro atoms. The van der Waals surface area contributed by atoms with Crippen LogP contribution < -0.4 is 19.7 Å². The molecule has 1 aromatic rings. The molecule has 1 amide bonds. The van der Waals surface area contributed by atoms with Crippen LogP contribution in [0.3, 0.4) is 0 Å². The Morgan fingerprint density at radius 3 is 2.46 bits per heavy atom. The topological polar surface area (TPSA) is 78.3 Å². The second-order valence-corrected chi connectivity index (χ2v) is 6.42. The number of esters is 1. The highest BCUT2D eigenvalue weighted by atomic mass is 16.5. The average molecular weight is 365 g/mol. The van der Waals surface area contributed by atoms with Crippen molar-refractivity contribution in [1.29, 1.82) is 0 Å². The first kappa shape index (κ1) is 20.0. The second-order valence-electron chi connectivity index (χ2n) is 6.42. The molecule has 144 valence electrons. The number of piperidine rings is 1. The van der Waals surface area contributed by atoms with Crippen molar-refractivity contribution in [2.24, 2.45) is 5.92 Å². The third-order valence-electron chi connectivity index (χ3n) is 4.66. The summed E-state index contributed by atoms with van der Waals surface area (Å²) in [5, 5.41) is 2.94. The predicted octanol–water partition coefficient (Wildman–Crippen LogP) is 0.178. The van der Waals surface area contributed by atoms with Gasteiger partial charge in [0.15, 0.2) is 18.0 Å². The predicted molar refractivity (Wildman–Crippen MR) is 96.3 cm³/mol. The van der Waals surface area contributed by atoms with Crippen molar-refractivity contribution in [3.63, 3.8) is 0 Å². The fourth-order valence-corrected chi connectivity index (χ4v) is 3.18. The number of rotatable bonds is 8. The number of amides is 1. The van der Waals surface area contributed by atoms with E-state index < -0.39 is 0 Å². The van der Waals surface area contributed by atoms with Gasteiger partial charge in [0.05, 0.1) is 39.8 Å². The van der Waals surface area contributed by atoms with Crippen LogP contribution in [0.15, 0.2) is 18.2 Å². The van der Waals surface area contributed by atoms with Gasteiger partial charge in [-0.1, -0.05) is 6.07 Å². The van der Waals surface area contributed by atoms with Crippen LogP contribution in [-0.4, -0.2) is 52.3 Å². The number of hydrogen-bond acceptors (Lipinski definition) is 5. The van der Waals surface area contributed by atoms with E-state index in [-0.39, 0.29) is 17.8 Å². The lowest BCUT2D eigenvalue weighted by Gasteiger charge is -2.27. The number of nitrogens with one attached hydrogen (secondary N) is 2. The molecule has 7 nitrogen and oxygen atoms in total. The number of benzene rings is 1. The third kappa shape index (κ3) is 5.62. The van der Waals surface area contributed by atoms with Crippen molar-refractivity contribution in [1.82, 2.24) is 5.32 Å². The normalized spacial score (nSPS) is 19.5. The fraction of sp³-hybridized carbons (Fsp3) is 0.579. The van der Waals surface area contributed by atoms with Crippen LogP contribution in [-0.2, 0) is 20.9 Å². The zero-order valence-electron chi connectivity index (χ0n) is 15.8. The molecule has 1 aliphatic heterocycles. The van der Waals surface area contributed by atoms with E-state index in [0.717, 1.165) is 31.5 Å². The molecule has 0 atom stereocenters. The zero-order valence-corrected chi connectivity index (χ0v) is 15.8. The van der Waals surface area contributed by atoms with E-state index in [1.807, 2.05) is 25.1 Å². The van der Waals surface area contributed by atoms with E-state index in [2.05, 4.69) is 5.32 Å². The molecule has 0 radical (unpaired) electrons. The molecule has 2 rings (SSSR count). The summed E-state index contributed by atoms with van der Waals surface area (Å²) in [6.07, 6.45) is 1.55. The lowest BCUT2D eigenvalue weighted by Crippen LogP contribution is -3.14. The van der Waals surface area contributed by atoms with Gasteiger partial charge >= 0.3 is 5.97 Å². The number of likely N-dealkylation sites (tertiary alicyclic amines) is 1. The number of carbonyl (C=O) groups excluding carboxylic acids is 2. The summed E-state index contributed by atoms with van der Waals surface area (Å²) in [5.41, 5.74) is 0.951. The van der Waals surface area contributed by atoms with Crippen molar-refractivity contribution < 1.29 is 28.7 Å². The molecule has 0 aromatic heterocycles. The maximum absolute atomic E-state index is 12.2. The number of carbonyl (C=O) groups is 2. The minimum atomic E-state index is -0.107. The average Bonchev–Trinajstić information content (AvgIpc) is 2.66. The van der Waals surface area contributed by atoms with Gasteiger partial charge in [0.1, 0.15) is 0 Å². The maximum Gasteiger partial charge on any atom is 0.309 e. The summed E-state index contributed by atoms with van der Waals surface area (Å²) in [6, 6.07) is 5.59. The summed E-state index contributed by atoms with van der Waals surface area (Å²) < 4.78 is 15.6. The van der Waals surface area contributed by atoms with Gasteiger partial charge in [0.2, 0.25) is 0 Å². The Bertz CT molecular complexity index is 612. The monoisotopic (exact) mass is 365 g/mol. The first-order valence-electron chi connectivity index (χ1n) is 9.05. The molecule has 1 aliphatic rings. The zero-order chi connectivity index (χ0) is 18.9. The molecule has 0 aliphatic carbocycles. The molecule has 0 saturated carbocycles. The Morgan fingerprint density at radius 2 is 1.85 bits per heavy atom. The fourth-order valence-electron chi connectivity index (χ4n) is 3.18. The minimum Gasteiger partial charge on any atom is -0.493 e. The highest BCUT2D eigenvalue weighted by Crippen LogP contribution is 2.27. The van der Waals surface area contributed by atoms with Crippen molar-refractivity contribution in [3.8, 4) is 11.5 Å². The van der Waals surface area contributed by atoms with Crippen LogP contribution in [0.4, 0.5) is 0 Å². The lowest BCUT2D eigenvalue weighted by atomic mass is 9.97. The quantitative estimate of drug-likeness (QED) is 0.643. The Kier molecular flexibility index (Phi) is 7.72. The Hall–Kier alpha value is -2.28. The number of hydrogen-bond donors (Lipinski definition) is 2. The standard InChI is InChI=1S/C19H28N2O5/c1-4-26-19(23)15-7-9-21(10-8-15)13-18(22)20-12-14-5-6-16(24-2)17(11-14)25-3/h5-6,11,15H,4,7-10,12-13H2,1-3H3,(H,20,22)/p+1. The third-order valence-corrected chi connectivity index (χ3v) is 4.66. The van der Waals surface area contributed by atoms with Gasteiger partial charge < -0.3 is 24.4 Å². The maximum atomic E-state index is 12.2. The molecule has 1 fully saturated rings. The molecule has 26 heavy (non-hydrogen) atoms. The first-order valence-corrected chi connectivity index (χ1v) is 9.05. The highest BCUT2D eigenvalue weighted by Gasteiger charge is 2.29. The highest BCUT2D eigenvalue weighted by molar-refractivity contribution is 5.77. The molecule has 1 heterocycles. The second kappa shape index (κ2) is 10.0. The van der Waals surface area contributed by atoms with Crippen LogP contribution in [0, 0.1) is 5.92 Å². The van der Waals surface area contributed by atoms with Gasteiger partial charge in [-0.3, -0.25) is 9.59 Å². The first-order chi connectivity index (χ1) is 12.6. The van der Waals surface area contributed by atoms with Crippen LogP contribution in [0.25, 0.3) is 0 Å². The van der Waals surface area contributed by atoms with Crippen LogP contribution in [0.2, 0.25) is 0 Å². The summed E-state index contributed by atoms with van der Waals surface area (Å²) in [4.78, 5) is 25.2. The Morgan fingerprint density at radius 1 is 1.15 bits per heavy atom. The van der Waals surface area contributed by atoms with E-state index >= 15 is 0 Å². The van der Waals surface area contributed by atoms with E-state index in [0.29, 0.717) is 31.2 Å². The van der Waals surface area contributed by atoms with Crippen molar-refractivity contribution in [2.75, 3.05) is 40.5 Å². The Labute approximate surface area is 154 Å². The van der Waals surface area contributed by atoms with E-state index in [1.54, 1.807) is 14.2 Å². The minimum absolute atomic E-state index is 0.00405. The molecule has 0 unspecified atom stereocenters. The molecule has 0 bridgehead atoms. The van der Waals surface area contributed by atoms with E-state index in [1.165, 1.54) is 4.90 Å². The number of quaternary nitrogens is 1. The Balaban J connectivity index is 1.75. The van der Waals surface area contributed by atoms with Gasteiger partial charge in [-0.15, -0.1) is 0 Å². The van der Waals surface area contributed by atoms with E-state index in [4.69, 9.17) is 14.2 Å².